The number of thiophene rings is 1. The summed E-state index contributed by atoms with van der Waals surface area (Å²) in [7, 11) is 0. The monoisotopic (exact) mass is 391 g/mol. The molecule has 3 rings (SSSR count). The molecule has 0 bridgehead atoms. The van der Waals surface area contributed by atoms with E-state index in [-0.39, 0.29) is 5.76 Å². The summed E-state index contributed by atoms with van der Waals surface area (Å²) in [6.07, 6.45) is 0. The van der Waals surface area contributed by atoms with Crippen LogP contribution < -0.4 is 10.1 Å². The van der Waals surface area contributed by atoms with E-state index >= 15 is 0 Å². The SMILES string of the molecule is O=C(Nc1cccc(OC(=O)c2cccs2)c1)c1ccc(Br)o1. The maximum Gasteiger partial charge on any atom is 0.353 e. The molecular weight excluding hydrogens is 382 g/mol. The number of benzene rings is 1. The molecule has 0 saturated carbocycles. The molecule has 116 valence electrons. The van der Waals surface area contributed by atoms with Gasteiger partial charge in [0.1, 0.15) is 10.6 Å². The third-order valence-electron chi connectivity index (χ3n) is 2.82. The molecule has 0 fully saturated rings. The Morgan fingerprint density at radius 3 is 2.70 bits per heavy atom. The van der Waals surface area contributed by atoms with Gasteiger partial charge in [0.25, 0.3) is 5.91 Å². The van der Waals surface area contributed by atoms with Crippen molar-refractivity contribution in [3.05, 3.63) is 69.2 Å². The summed E-state index contributed by atoms with van der Waals surface area (Å²) in [6, 6.07) is 13.2. The first-order valence-corrected chi connectivity index (χ1v) is 8.21. The lowest BCUT2D eigenvalue weighted by atomic mass is 10.3. The van der Waals surface area contributed by atoms with Gasteiger partial charge in [-0.3, -0.25) is 4.79 Å². The molecule has 0 saturated heterocycles. The van der Waals surface area contributed by atoms with Gasteiger partial charge in [-0.1, -0.05) is 12.1 Å². The minimum absolute atomic E-state index is 0.179. The minimum atomic E-state index is -0.432. The summed E-state index contributed by atoms with van der Waals surface area (Å²) < 4.78 is 10.9. The van der Waals surface area contributed by atoms with E-state index in [2.05, 4.69) is 21.2 Å². The van der Waals surface area contributed by atoms with Crippen molar-refractivity contribution in [3.8, 4) is 5.75 Å². The minimum Gasteiger partial charge on any atom is -0.444 e. The van der Waals surface area contributed by atoms with Crippen LogP contribution >= 0.6 is 27.3 Å². The number of ether oxygens (including phenoxy) is 1. The molecular formula is C16H10BrNO4S. The second kappa shape index (κ2) is 6.80. The van der Waals surface area contributed by atoms with Gasteiger partial charge in [0.05, 0.1) is 0 Å². The van der Waals surface area contributed by atoms with E-state index in [0.29, 0.717) is 21.0 Å². The van der Waals surface area contributed by atoms with E-state index < -0.39 is 11.9 Å². The Morgan fingerprint density at radius 1 is 1.13 bits per heavy atom. The second-order valence-electron chi connectivity index (χ2n) is 4.45. The highest BCUT2D eigenvalue weighted by Gasteiger charge is 2.13. The molecule has 23 heavy (non-hydrogen) atoms. The highest BCUT2D eigenvalue weighted by molar-refractivity contribution is 9.10. The normalized spacial score (nSPS) is 10.3. The fourth-order valence-electron chi connectivity index (χ4n) is 1.82. The fourth-order valence-corrected chi connectivity index (χ4v) is 2.72. The van der Waals surface area contributed by atoms with Crippen molar-refractivity contribution in [1.29, 1.82) is 0 Å². The Labute approximate surface area is 144 Å². The van der Waals surface area contributed by atoms with Gasteiger partial charge < -0.3 is 14.5 Å². The van der Waals surface area contributed by atoms with Crippen molar-refractivity contribution >= 4 is 44.8 Å². The van der Waals surface area contributed by atoms with E-state index in [1.54, 1.807) is 53.9 Å². The third-order valence-corrected chi connectivity index (χ3v) is 4.10. The van der Waals surface area contributed by atoms with Crippen molar-refractivity contribution in [2.24, 2.45) is 0 Å². The Morgan fingerprint density at radius 2 is 2.00 bits per heavy atom. The zero-order chi connectivity index (χ0) is 16.2. The van der Waals surface area contributed by atoms with Crippen LogP contribution in [0.5, 0.6) is 5.75 Å². The molecule has 2 heterocycles. The zero-order valence-electron chi connectivity index (χ0n) is 11.6. The molecule has 0 spiro atoms. The van der Waals surface area contributed by atoms with Gasteiger partial charge in [0, 0.05) is 11.8 Å². The Kier molecular flexibility index (Phi) is 4.59. The summed E-state index contributed by atoms with van der Waals surface area (Å²) in [5.74, 6) is -0.296. The molecule has 1 amide bonds. The van der Waals surface area contributed by atoms with Crippen LogP contribution in [0.25, 0.3) is 0 Å². The van der Waals surface area contributed by atoms with E-state index in [1.165, 1.54) is 11.3 Å². The van der Waals surface area contributed by atoms with Crippen LogP contribution in [0.3, 0.4) is 0 Å². The van der Waals surface area contributed by atoms with Crippen molar-refractivity contribution in [3.63, 3.8) is 0 Å². The standard InChI is InChI=1S/C16H10BrNO4S/c17-14-7-6-12(22-14)15(19)18-10-3-1-4-11(9-10)21-16(20)13-5-2-8-23-13/h1-9H,(H,18,19). The molecule has 1 aromatic carbocycles. The van der Waals surface area contributed by atoms with Gasteiger partial charge in [-0.25, -0.2) is 4.79 Å². The van der Waals surface area contributed by atoms with Crippen LogP contribution in [0.15, 0.2) is 63.0 Å². The van der Waals surface area contributed by atoms with Gasteiger partial charge in [-0.2, -0.15) is 0 Å². The van der Waals surface area contributed by atoms with Gasteiger partial charge in [0.15, 0.2) is 10.4 Å². The third kappa shape index (κ3) is 3.88. The first-order chi connectivity index (χ1) is 11.1. The van der Waals surface area contributed by atoms with Crippen molar-refractivity contribution in [2.75, 3.05) is 5.32 Å². The number of hydrogen-bond acceptors (Lipinski definition) is 5. The lowest BCUT2D eigenvalue weighted by molar-refractivity contribution is 0.0740. The largest absolute Gasteiger partial charge is 0.444 e. The molecule has 5 nitrogen and oxygen atoms in total. The van der Waals surface area contributed by atoms with Crippen LogP contribution in [-0.2, 0) is 0 Å². The van der Waals surface area contributed by atoms with Crippen molar-refractivity contribution in [2.45, 2.75) is 0 Å². The molecule has 0 aliphatic carbocycles. The predicted molar refractivity (Wildman–Crippen MR) is 90.1 cm³/mol. The number of nitrogens with one attached hydrogen (secondary N) is 1. The number of halogens is 1. The van der Waals surface area contributed by atoms with Crippen LogP contribution in [-0.4, -0.2) is 11.9 Å². The molecule has 7 heteroatoms. The Hall–Kier alpha value is -2.38. The van der Waals surface area contributed by atoms with E-state index in [4.69, 9.17) is 9.15 Å². The van der Waals surface area contributed by atoms with Gasteiger partial charge in [-0.05, 0) is 51.6 Å². The molecule has 0 aliphatic rings. The number of carbonyl (C=O) groups is 2. The summed E-state index contributed by atoms with van der Waals surface area (Å²) in [6.45, 7) is 0. The quantitative estimate of drug-likeness (QED) is 0.522. The highest BCUT2D eigenvalue weighted by atomic mass is 79.9. The molecule has 0 aliphatic heterocycles. The molecule has 0 unspecified atom stereocenters. The topological polar surface area (TPSA) is 68.5 Å². The van der Waals surface area contributed by atoms with E-state index in [9.17, 15) is 9.59 Å². The molecule has 2 aromatic heterocycles. The van der Waals surface area contributed by atoms with Gasteiger partial charge >= 0.3 is 5.97 Å². The smallest absolute Gasteiger partial charge is 0.353 e. The van der Waals surface area contributed by atoms with Crippen molar-refractivity contribution in [1.82, 2.24) is 0 Å². The predicted octanol–water partition coefficient (Wildman–Crippen LogP) is 4.58. The van der Waals surface area contributed by atoms with Gasteiger partial charge in [-0.15, -0.1) is 11.3 Å². The number of hydrogen-bond donors (Lipinski definition) is 1. The summed E-state index contributed by atoms with van der Waals surface area (Å²) in [4.78, 5) is 24.4. The molecule has 0 radical (unpaired) electrons. The number of furan rings is 1. The Bertz CT molecular complexity index is 841. The molecule has 0 atom stereocenters. The van der Waals surface area contributed by atoms with Crippen molar-refractivity contribution < 1.29 is 18.7 Å². The second-order valence-corrected chi connectivity index (χ2v) is 6.18. The average Bonchev–Trinajstić information content (AvgIpc) is 3.18. The van der Waals surface area contributed by atoms with E-state index in [1.807, 2.05) is 0 Å². The fraction of sp³-hybridized carbons (Fsp3) is 0. The Balaban J connectivity index is 1.70. The number of esters is 1. The maximum absolute atomic E-state index is 12.0. The summed E-state index contributed by atoms with van der Waals surface area (Å²) >= 11 is 4.44. The molecule has 3 aromatic rings. The van der Waals surface area contributed by atoms with Crippen LogP contribution in [0, 0.1) is 0 Å². The number of rotatable bonds is 4. The van der Waals surface area contributed by atoms with Crippen LogP contribution in [0.2, 0.25) is 0 Å². The number of amides is 1. The maximum atomic E-state index is 12.0. The first-order valence-electron chi connectivity index (χ1n) is 6.54. The number of anilines is 1. The number of carbonyl (C=O) groups excluding carboxylic acids is 2. The van der Waals surface area contributed by atoms with Crippen LogP contribution in [0.4, 0.5) is 5.69 Å². The molecule has 1 N–H and O–H groups in total. The average molecular weight is 392 g/mol. The summed E-state index contributed by atoms with van der Waals surface area (Å²) in [5.41, 5.74) is 0.499. The highest BCUT2D eigenvalue weighted by Crippen LogP contribution is 2.21. The van der Waals surface area contributed by atoms with Crippen LogP contribution in [0.1, 0.15) is 20.2 Å². The van der Waals surface area contributed by atoms with E-state index in [0.717, 1.165) is 0 Å². The summed E-state index contributed by atoms with van der Waals surface area (Å²) in [5, 5.41) is 4.48. The lowest BCUT2D eigenvalue weighted by Crippen LogP contribution is -2.11. The first kappa shape index (κ1) is 15.5. The lowest BCUT2D eigenvalue weighted by Gasteiger charge is -2.06. The van der Waals surface area contributed by atoms with Gasteiger partial charge in [0.2, 0.25) is 0 Å². The zero-order valence-corrected chi connectivity index (χ0v) is 14.0.